The van der Waals surface area contributed by atoms with Crippen LogP contribution in [0.5, 0.6) is 5.75 Å². The Morgan fingerprint density at radius 1 is 1.00 bits per heavy atom. The normalized spacial score (nSPS) is 11.0. The predicted molar refractivity (Wildman–Crippen MR) is 134 cm³/mol. The number of fused-ring (bicyclic) bond motifs is 1. The van der Waals surface area contributed by atoms with Crippen LogP contribution in [-0.4, -0.2) is 25.1 Å². The van der Waals surface area contributed by atoms with Crippen LogP contribution in [0.2, 0.25) is 0 Å². The maximum absolute atomic E-state index is 12.9. The number of benzene rings is 2. The van der Waals surface area contributed by atoms with Gasteiger partial charge in [-0.25, -0.2) is 4.98 Å². The number of aromatic nitrogens is 4. The van der Waals surface area contributed by atoms with Crippen LogP contribution >= 0.6 is 0 Å². The van der Waals surface area contributed by atoms with Crippen LogP contribution in [0.25, 0.3) is 5.65 Å². The van der Waals surface area contributed by atoms with Crippen molar-refractivity contribution in [2.75, 3.05) is 0 Å². The fourth-order valence-electron chi connectivity index (χ4n) is 4.11. The highest BCUT2D eigenvalue weighted by Crippen LogP contribution is 2.18. The third-order valence-electron chi connectivity index (χ3n) is 6.03. The zero-order valence-electron chi connectivity index (χ0n) is 19.8. The number of carbonyl (C=O) groups is 1. The van der Waals surface area contributed by atoms with Crippen molar-refractivity contribution in [3.05, 3.63) is 119 Å². The molecule has 3 heterocycles. The standard InChI is InChI=1S/C28H27N5O2/c1-20-26(21(2)33(31-20)17-22-9-4-3-5-10-22)16-29-28(34)23-11-8-12-25(15-23)35-19-24-18-32-14-7-6-13-27(32)30-24/h3-15,18H,16-17,19H2,1-2H3,(H,29,34). The zero-order chi connectivity index (χ0) is 24.2. The number of imidazole rings is 1. The summed E-state index contributed by atoms with van der Waals surface area (Å²) < 4.78 is 9.84. The van der Waals surface area contributed by atoms with Crippen molar-refractivity contribution in [3.8, 4) is 5.75 Å². The summed E-state index contributed by atoms with van der Waals surface area (Å²) in [5.74, 6) is 0.468. The van der Waals surface area contributed by atoms with Gasteiger partial charge in [0.2, 0.25) is 0 Å². The lowest BCUT2D eigenvalue weighted by molar-refractivity contribution is 0.0950. The lowest BCUT2D eigenvalue weighted by atomic mass is 10.1. The van der Waals surface area contributed by atoms with E-state index in [1.807, 2.05) is 83.9 Å². The summed E-state index contributed by atoms with van der Waals surface area (Å²) in [6.07, 6.45) is 3.89. The van der Waals surface area contributed by atoms with Gasteiger partial charge >= 0.3 is 0 Å². The van der Waals surface area contributed by atoms with E-state index < -0.39 is 0 Å². The Hall–Kier alpha value is -4.39. The van der Waals surface area contributed by atoms with E-state index in [-0.39, 0.29) is 5.91 Å². The molecule has 5 aromatic rings. The summed E-state index contributed by atoms with van der Waals surface area (Å²) >= 11 is 0. The molecule has 1 amide bonds. The molecule has 0 saturated carbocycles. The minimum absolute atomic E-state index is 0.155. The van der Waals surface area contributed by atoms with E-state index in [2.05, 4.69) is 27.5 Å². The van der Waals surface area contributed by atoms with E-state index in [1.54, 1.807) is 12.1 Å². The van der Waals surface area contributed by atoms with Crippen molar-refractivity contribution in [1.82, 2.24) is 24.5 Å². The Morgan fingerprint density at radius 2 is 1.83 bits per heavy atom. The fraction of sp³-hybridized carbons (Fsp3) is 0.179. The van der Waals surface area contributed by atoms with Crippen LogP contribution in [0.4, 0.5) is 0 Å². The van der Waals surface area contributed by atoms with Gasteiger partial charge in [0.1, 0.15) is 18.0 Å². The second-order valence-electron chi connectivity index (χ2n) is 8.49. The number of nitrogens with zero attached hydrogens (tertiary/aromatic N) is 4. The summed E-state index contributed by atoms with van der Waals surface area (Å²) in [4.78, 5) is 17.4. The highest BCUT2D eigenvalue weighted by atomic mass is 16.5. The van der Waals surface area contributed by atoms with Gasteiger partial charge in [0.05, 0.1) is 17.9 Å². The quantitative estimate of drug-likeness (QED) is 0.360. The molecule has 0 fully saturated rings. The lowest BCUT2D eigenvalue weighted by Gasteiger charge is -2.09. The number of ether oxygens (including phenoxy) is 1. The lowest BCUT2D eigenvalue weighted by Crippen LogP contribution is -2.23. The molecule has 0 aliphatic rings. The molecule has 0 unspecified atom stereocenters. The first-order valence-electron chi connectivity index (χ1n) is 11.6. The number of hydrogen-bond donors (Lipinski definition) is 1. The molecule has 0 aliphatic heterocycles. The summed E-state index contributed by atoms with van der Waals surface area (Å²) in [6.45, 7) is 5.46. The van der Waals surface area contributed by atoms with E-state index in [0.29, 0.717) is 31.0 Å². The van der Waals surface area contributed by atoms with E-state index in [4.69, 9.17) is 4.74 Å². The Labute approximate surface area is 204 Å². The van der Waals surface area contributed by atoms with Crippen molar-refractivity contribution < 1.29 is 9.53 Å². The van der Waals surface area contributed by atoms with E-state index in [0.717, 1.165) is 28.3 Å². The summed E-state index contributed by atoms with van der Waals surface area (Å²) in [7, 11) is 0. The Morgan fingerprint density at radius 3 is 2.66 bits per heavy atom. The number of amides is 1. The van der Waals surface area contributed by atoms with Crippen molar-refractivity contribution in [2.24, 2.45) is 0 Å². The van der Waals surface area contributed by atoms with Crippen LogP contribution in [0, 0.1) is 13.8 Å². The smallest absolute Gasteiger partial charge is 0.251 e. The van der Waals surface area contributed by atoms with Gasteiger partial charge in [-0.1, -0.05) is 42.5 Å². The molecule has 5 rings (SSSR count). The van der Waals surface area contributed by atoms with Gasteiger partial charge in [-0.15, -0.1) is 0 Å². The Kier molecular flexibility index (Phi) is 6.30. The fourth-order valence-corrected chi connectivity index (χ4v) is 4.11. The molecular formula is C28H27N5O2. The average Bonchev–Trinajstić information content (AvgIpc) is 3.42. The van der Waals surface area contributed by atoms with Gasteiger partial charge < -0.3 is 14.5 Å². The van der Waals surface area contributed by atoms with Crippen LogP contribution in [0.1, 0.15) is 38.6 Å². The highest BCUT2D eigenvalue weighted by molar-refractivity contribution is 5.94. The number of nitrogens with one attached hydrogen (secondary N) is 1. The molecule has 0 spiro atoms. The maximum atomic E-state index is 12.9. The van der Waals surface area contributed by atoms with Crippen LogP contribution in [0.3, 0.4) is 0 Å². The molecule has 0 saturated heterocycles. The molecule has 2 aromatic carbocycles. The predicted octanol–water partition coefficient (Wildman–Crippen LogP) is 4.70. The molecule has 176 valence electrons. The van der Waals surface area contributed by atoms with Gasteiger partial charge in [0.15, 0.2) is 0 Å². The topological polar surface area (TPSA) is 73.5 Å². The second-order valence-corrected chi connectivity index (χ2v) is 8.49. The van der Waals surface area contributed by atoms with Crippen LogP contribution in [0.15, 0.2) is 85.2 Å². The maximum Gasteiger partial charge on any atom is 0.251 e. The van der Waals surface area contributed by atoms with Crippen molar-refractivity contribution in [1.29, 1.82) is 0 Å². The molecule has 1 N–H and O–H groups in total. The summed E-state index contributed by atoms with van der Waals surface area (Å²) in [5.41, 5.74) is 6.44. The number of carbonyl (C=O) groups excluding carboxylic acids is 1. The highest BCUT2D eigenvalue weighted by Gasteiger charge is 2.14. The molecule has 0 atom stereocenters. The molecule has 0 bridgehead atoms. The molecular weight excluding hydrogens is 438 g/mol. The second kappa shape index (κ2) is 9.85. The first-order chi connectivity index (χ1) is 17.1. The van der Waals surface area contributed by atoms with Crippen molar-refractivity contribution in [2.45, 2.75) is 33.5 Å². The van der Waals surface area contributed by atoms with Gasteiger partial charge in [-0.2, -0.15) is 5.10 Å². The molecule has 3 aromatic heterocycles. The molecule has 0 aliphatic carbocycles. The average molecular weight is 466 g/mol. The number of hydrogen-bond acceptors (Lipinski definition) is 4. The van der Waals surface area contributed by atoms with Gasteiger partial charge in [-0.05, 0) is 49.7 Å². The monoisotopic (exact) mass is 465 g/mol. The SMILES string of the molecule is Cc1nn(Cc2ccccc2)c(C)c1CNC(=O)c1cccc(OCc2cn3ccccc3n2)c1. The first-order valence-corrected chi connectivity index (χ1v) is 11.6. The van der Waals surface area contributed by atoms with Crippen LogP contribution < -0.4 is 10.1 Å². The largest absolute Gasteiger partial charge is 0.487 e. The third kappa shape index (κ3) is 5.09. The van der Waals surface area contributed by atoms with E-state index in [9.17, 15) is 4.79 Å². The van der Waals surface area contributed by atoms with Gasteiger partial charge in [-0.3, -0.25) is 9.48 Å². The minimum atomic E-state index is -0.155. The Balaban J connectivity index is 1.21. The minimum Gasteiger partial charge on any atom is -0.487 e. The molecule has 7 heteroatoms. The molecule has 0 radical (unpaired) electrons. The summed E-state index contributed by atoms with van der Waals surface area (Å²) in [5, 5.41) is 7.71. The van der Waals surface area contributed by atoms with E-state index >= 15 is 0 Å². The first kappa shape index (κ1) is 22.4. The number of aryl methyl sites for hydroxylation is 1. The molecule has 35 heavy (non-hydrogen) atoms. The Bertz CT molecular complexity index is 1440. The number of pyridine rings is 1. The van der Waals surface area contributed by atoms with E-state index in [1.165, 1.54) is 5.56 Å². The van der Waals surface area contributed by atoms with Crippen molar-refractivity contribution >= 4 is 11.6 Å². The number of rotatable bonds is 8. The molecule has 7 nitrogen and oxygen atoms in total. The zero-order valence-corrected chi connectivity index (χ0v) is 19.8. The third-order valence-corrected chi connectivity index (χ3v) is 6.03. The van der Waals surface area contributed by atoms with Crippen LogP contribution in [-0.2, 0) is 19.7 Å². The van der Waals surface area contributed by atoms with Gasteiger partial charge in [0, 0.05) is 35.8 Å². The van der Waals surface area contributed by atoms with Gasteiger partial charge in [0.25, 0.3) is 5.91 Å². The van der Waals surface area contributed by atoms with Crippen molar-refractivity contribution in [3.63, 3.8) is 0 Å². The summed E-state index contributed by atoms with van der Waals surface area (Å²) in [6, 6.07) is 23.3.